The molecule has 1 atom stereocenters. The second-order valence-corrected chi connectivity index (χ2v) is 8.49. The summed E-state index contributed by atoms with van der Waals surface area (Å²) in [4.78, 5) is 15.9. The summed E-state index contributed by atoms with van der Waals surface area (Å²) in [6.07, 6.45) is 4.03. The highest BCUT2D eigenvalue weighted by Gasteiger charge is 2.17. The maximum atomic E-state index is 12.6. The van der Waals surface area contributed by atoms with Crippen molar-refractivity contribution in [2.24, 2.45) is 7.05 Å². The van der Waals surface area contributed by atoms with Crippen molar-refractivity contribution in [3.63, 3.8) is 0 Å². The highest BCUT2D eigenvalue weighted by Crippen LogP contribution is 2.18. The minimum absolute atomic E-state index is 0. The van der Waals surface area contributed by atoms with Crippen LogP contribution >= 0.6 is 12.4 Å². The van der Waals surface area contributed by atoms with Crippen LogP contribution in [-0.4, -0.2) is 37.1 Å². The highest BCUT2D eigenvalue weighted by atomic mass is 35.5. The van der Waals surface area contributed by atoms with Crippen LogP contribution in [0.15, 0.2) is 64.5 Å². The van der Waals surface area contributed by atoms with E-state index in [1.54, 1.807) is 54.3 Å². The Hall–Kier alpha value is -2.26. The number of hydrogen-bond acceptors (Lipinski definition) is 5. The number of hydrogen-bond donors (Lipinski definition) is 2. The summed E-state index contributed by atoms with van der Waals surface area (Å²) in [6.45, 7) is 2.94. The summed E-state index contributed by atoms with van der Waals surface area (Å²) in [6, 6.07) is 11.7. The molecule has 0 saturated carbocycles. The van der Waals surface area contributed by atoms with Crippen LogP contribution in [0.2, 0.25) is 0 Å². The Morgan fingerprint density at radius 1 is 1.14 bits per heavy atom. The van der Waals surface area contributed by atoms with Crippen LogP contribution in [0.5, 0.6) is 0 Å². The van der Waals surface area contributed by atoms with Gasteiger partial charge in [0.15, 0.2) is 0 Å². The predicted octanol–water partition coefficient (Wildman–Crippen LogP) is 1.85. The molecule has 0 fully saturated rings. The maximum absolute atomic E-state index is 12.6. The third-order valence-corrected chi connectivity index (χ3v) is 6.16. The number of benzene rings is 1. The lowest BCUT2D eigenvalue weighted by Gasteiger charge is -2.16. The van der Waals surface area contributed by atoms with Crippen molar-refractivity contribution < 1.29 is 8.42 Å². The van der Waals surface area contributed by atoms with Crippen LogP contribution in [0.1, 0.15) is 12.6 Å². The standard InChI is InChI=1S/C20H24N4O3S.ClH/c1-15(13-21-11-9-18-4-3-5-20(25)24(18)2)23-28(26,27)19-7-6-17-14-22-10-8-16(17)12-19;/h3-8,10,12,14-15,21,23H,9,11,13H2,1-2H3;1H/t15-;/m1./s1. The average Bonchev–Trinajstić information content (AvgIpc) is 2.67. The van der Waals surface area contributed by atoms with Crippen LogP contribution in [0.25, 0.3) is 10.8 Å². The van der Waals surface area contributed by atoms with E-state index in [0.29, 0.717) is 19.5 Å². The second kappa shape index (κ2) is 9.98. The number of rotatable bonds is 8. The van der Waals surface area contributed by atoms with Crippen LogP contribution in [-0.2, 0) is 23.5 Å². The van der Waals surface area contributed by atoms with E-state index in [1.807, 2.05) is 13.0 Å². The Labute approximate surface area is 176 Å². The lowest BCUT2D eigenvalue weighted by atomic mass is 10.2. The molecule has 3 aromatic rings. The minimum Gasteiger partial charge on any atom is -0.316 e. The SMILES string of the molecule is C[C@H](CNCCc1cccc(=O)n1C)NS(=O)(=O)c1ccc2cnccc2c1.Cl. The van der Waals surface area contributed by atoms with Crippen molar-refractivity contribution in [2.45, 2.75) is 24.3 Å². The van der Waals surface area contributed by atoms with Crippen LogP contribution in [0, 0.1) is 0 Å². The molecule has 7 nitrogen and oxygen atoms in total. The third-order valence-electron chi connectivity index (χ3n) is 4.58. The summed E-state index contributed by atoms with van der Waals surface area (Å²) in [7, 11) is -1.86. The van der Waals surface area contributed by atoms with E-state index in [4.69, 9.17) is 0 Å². The number of aromatic nitrogens is 2. The van der Waals surface area contributed by atoms with E-state index in [1.165, 1.54) is 6.07 Å². The van der Waals surface area contributed by atoms with Crippen LogP contribution in [0.4, 0.5) is 0 Å². The summed E-state index contributed by atoms with van der Waals surface area (Å²) in [5, 5.41) is 4.96. The molecule has 9 heteroatoms. The van der Waals surface area contributed by atoms with Gasteiger partial charge in [0.2, 0.25) is 15.6 Å². The van der Waals surface area contributed by atoms with Gasteiger partial charge in [0.25, 0.3) is 0 Å². The molecule has 2 aromatic heterocycles. The largest absolute Gasteiger partial charge is 0.316 e. The first-order valence-electron chi connectivity index (χ1n) is 9.08. The molecule has 156 valence electrons. The fraction of sp³-hybridized carbons (Fsp3) is 0.300. The Morgan fingerprint density at radius 3 is 2.72 bits per heavy atom. The van der Waals surface area contributed by atoms with E-state index in [2.05, 4.69) is 15.0 Å². The number of fused-ring (bicyclic) bond motifs is 1. The van der Waals surface area contributed by atoms with Gasteiger partial charge < -0.3 is 9.88 Å². The highest BCUT2D eigenvalue weighted by molar-refractivity contribution is 7.89. The molecule has 0 aliphatic heterocycles. The van der Waals surface area contributed by atoms with E-state index in [0.717, 1.165) is 16.5 Å². The minimum atomic E-state index is -3.61. The van der Waals surface area contributed by atoms with Gasteiger partial charge in [-0.1, -0.05) is 12.1 Å². The molecular formula is C20H25ClN4O3S. The zero-order chi connectivity index (χ0) is 20.1. The normalized spacial score (nSPS) is 12.5. The van der Waals surface area contributed by atoms with Gasteiger partial charge in [0, 0.05) is 62.1 Å². The number of nitrogens with one attached hydrogen (secondary N) is 2. The second-order valence-electron chi connectivity index (χ2n) is 6.78. The third kappa shape index (κ3) is 5.86. The molecule has 0 aliphatic carbocycles. The summed E-state index contributed by atoms with van der Waals surface area (Å²) >= 11 is 0. The summed E-state index contributed by atoms with van der Waals surface area (Å²) in [5.74, 6) is 0. The Bertz CT molecular complexity index is 1130. The number of halogens is 1. The molecular weight excluding hydrogens is 412 g/mol. The van der Waals surface area contributed by atoms with Gasteiger partial charge in [-0.25, -0.2) is 13.1 Å². The molecule has 29 heavy (non-hydrogen) atoms. The van der Waals surface area contributed by atoms with Crippen molar-refractivity contribution in [1.82, 2.24) is 19.6 Å². The van der Waals surface area contributed by atoms with Gasteiger partial charge >= 0.3 is 0 Å². The molecule has 0 radical (unpaired) electrons. The van der Waals surface area contributed by atoms with Crippen LogP contribution in [0.3, 0.4) is 0 Å². The monoisotopic (exact) mass is 436 g/mol. The molecule has 0 unspecified atom stereocenters. The molecule has 0 aliphatic rings. The quantitative estimate of drug-likeness (QED) is 0.526. The van der Waals surface area contributed by atoms with Crippen molar-refractivity contribution >= 4 is 33.2 Å². The molecule has 1 aromatic carbocycles. The Balaban J connectivity index is 0.00000300. The molecule has 0 saturated heterocycles. The van der Waals surface area contributed by atoms with Gasteiger partial charge in [-0.05, 0) is 36.6 Å². The fourth-order valence-electron chi connectivity index (χ4n) is 3.00. The lowest BCUT2D eigenvalue weighted by molar-refractivity contribution is 0.535. The molecule has 0 bridgehead atoms. The van der Waals surface area contributed by atoms with E-state index in [9.17, 15) is 13.2 Å². The van der Waals surface area contributed by atoms with E-state index in [-0.39, 0.29) is 28.9 Å². The Kier molecular flexibility index (Phi) is 7.92. The van der Waals surface area contributed by atoms with Crippen molar-refractivity contribution in [3.8, 4) is 0 Å². The smallest absolute Gasteiger partial charge is 0.250 e. The first-order chi connectivity index (χ1) is 13.4. The Morgan fingerprint density at radius 2 is 1.93 bits per heavy atom. The van der Waals surface area contributed by atoms with Gasteiger partial charge in [0.1, 0.15) is 0 Å². The molecule has 2 N–H and O–H groups in total. The van der Waals surface area contributed by atoms with Gasteiger partial charge in [0.05, 0.1) is 4.90 Å². The van der Waals surface area contributed by atoms with Crippen molar-refractivity contribution in [2.75, 3.05) is 13.1 Å². The van der Waals surface area contributed by atoms with Gasteiger partial charge in [-0.2, -0.15) is 0 Å². The fourth-order valence-corrected chi connectivity index (χ4v) is 4.27. The average molecular weight is 437 g/mol. The predicted molar refractivity (Wildman–Crippen MR) is 117 cm³/mol. The number of pyridine rings is 2. The summed E-state index contributed by atoms with van der Waals surface area (Å²) < 4.78 is 29.6. The van der Waals surface area contributed by atoms with Crippen LogP contribution < -0.4 is 15.6 Å². The zero-order valence-electron chi connectivity index (χ0n) is 16.3. The molecule has 3 rings (SSSR count). The molecule has 0 spiro atoms. The van der Waals surface area contributed by atoms with E-state index < -0.39 is 10.0 Å². The number of nitrogens with zero attached hydrogens (tertiary/aromatic N) is 2. The van der Waals surface area contributed by atoms with Crippen molar-refractivity contribution in [1.29, 1.82) is 0 Å². The first-order valence-corrected chi connectivity index (χ1v) is 10.6. The zero-order valence-corrected chi connectivity index (χ0v) is 18.0. The maximum Gasteiger partial charge on any atom is 0.250 e. The molecule has 0 amide bonds. The van der Waals surface area contributed by atoms with Crippen molar-refractivity contribution in [3.05, 3.63) is 70.9 Å². The lowest BCUT2D eigenvalue weighted by Crippen LogP contribution is -2.40. The summed E-state index contributed by atoms with van der Waals surface area (Å²) in [5.41, 5.74) is 0.892. The van der Waals surface area contributed by atoms with Gasteiger partial charge in [-0.15, -0.1) is 12.4 Å². The molecule has 2 heterocycles. The topological polar surface area (TPSA) is 93.1 Å². The number of sulfonamides is 1. The van der Waals surface area contributed by atoms with E-state index >= 15 is 0 Å². The van der Waals surface area contributed by atoms with Gasteiger partial charge in [-0.3, -0.25) is 9.78 Å². The first kappa shape index (κ1) is 23.0.